The van der Waals surface area contributed by atoms with Crippen LogP contribution < -0.4 is 0 Å². The van der Waals surface area contributed by atoms with Crippen molar-refractivity contribution in [2.75, 3.05) is 0 Å². The average molecular weight is 168 g/mol. The van der Waals surface area contributed by atoms with Gasteiger partial charge in [0.1, 0.15) is 0 Å². The highest BCUT2D eigenvalue weighted by Crippen LogP contribution is 2.35. The van der Waals surface area contributed by atoms with Gasteiger partial charge < -0.3 is 10.2 Å². The maximum atomic E-state index is 9.43. The third kappa shape index (κ3) is 1.41. The lowest BCUT2D eigenvalue weighted by Gasteiger charge is -2.31. The second-order valence-corrected chi connectivity index (χ2v) is 3.96. The second-order valence-electron chi connectivity index (χ2n) is 3.96. The van der Waals surface area contributed by atoms with E-state index >= 15 is 0 Å². The Bertz CT molecular complexity index is 186. The van der Waals surface area contributed by atoms with Gasteiger partial charge in [0, 0.05) is 0 Å². The summed E-state index contributed by atoms with van der Waals surface area (Å²) in [6.45, 7) is 0. The molecule has 0 aromatic rings. The van der Waals surface area contributed by atoms with E-state index in [0.717, 1.165) is 25.7 Å². The molecule has 2 N–H and O–H groups in total. The van der Waals surface area contributed by atoms with Gasteiger partial charge in [0.25, 0.3) is 0 Å². The van der Waals surface area contributed by atoms with E-state index in [9.17, 15) is 10.2 Å². The highest BCUT2D eigenvalue weighted by molar-refractivity contribution is 5.22. The van der Waals surface area contributed by atoms with Crippen LogP contribution in [0, 0.1) is 0 Å². The maximum absolute atomic E-state index is 9.43. The molecule has 0 saturated carbocycles. The van der Waals surface area contributed by atoms with E-state index in [4.69, 9.17) is 0 Å². The normalized spacial score (nSPS) is 36.5. The average Bonchev–Trinajstić information content (AvgIpc) is 2.07. The Labute approximate surface area is 72.9 Å². The molecule has 0 spiro atoms. The van der Waals surface area contributed by atoms with Crippen molar-refractivity contribution < 1.29 is 10.2 Å². The van der Waals surface area contributed by atoms with E-state index < -0.39 is 12.2 Å². The van der Waals surface area contributed by atoms with E-state index in [0.29, 0.717) is 0 Å². The van der Waals surface area contributed by atoms with Crippen LogP contribution in [0.1, 0.15) is 38.5 Å². The van der Waals surface area contributed by atoms with Crippen LogP contribution in [-0.4, -0.2) is 22.4 Å². The van der Waals surface area contributed by atoms with Crippen LogP contribution in [0.15, 0.2) is 11.1 Å². The van der Waals surface area contributed by atoms with Crippen LogP contribution >= 0.6 is 0 Å². The number of aliphatic hydroxyl groups excluding tert-OH is 2. The van der Waals surface area contributed by atoms with Crippen molar-refractivity contribution in [3.63, 3.8) is 0 Å². The number of hydrogen-bond donors (Lipinski definition) is 2. The summed E-state index contributed by atoms with van der Waals surface area (Å²) in [5, 5.41) is 18.9. The van der Waals surface area contributed by atoms with E-state index in [1.54, 1.807) is 0 Å². The first-order valence-corrected chi connectivity index (χ1v) is 4.83. The zero-order chi connectivity index (χ0) is 8.55. The lowest BCUT2D eigenvalue weighted by molar-refractivity contribution is 0.0121. The molecule has 0 fully saturated rings. The minimum absolute atomic E-state index is 0.498. The molecule has 2 rings (SSSR count). The third-order valence-corrected chi connectivity index (χ3v) is 3.06. The Morgan fingerprint density at radius 1 is 0.833 bits per heavy atom. The van der Waals surface area contributed by atoms with Gasteiger partial charge in [-0.25, -0.2) is 0 Å². The van der Waals surface area contributed by atoms with Crippen molar-refractivity contribution in [1.82, 2.24) is 0 Å². The molecule has 0 amide bonds. The zero-order valence-corrected chi connectivity index (χ0v) is 7.29. The Balaban J connectivity index is 2.15. The molecule has 2 aliphatic rings. The quantitative estimate of drug-likeness (QED) is 0.536. The van der Waals surface area contributed by atoms with E-state index in [1.807, 2.05) is 0 Å². The minimum Gasteiger partial charge on any atom is -0.390 e. The van der Waals surface area contributed by atoms with Gasteiger partial charge in [0.05, 0.1) is 12.2 Å². The van der Waals surface area contributed by atoms with Crippen LogP contribution in [0.5, 0.6) is 0 Å². The molecule has 2 heteroatoms. The van der Waals surface area contributed by atoms with Gasteiger partial charge in [-0.15, -0.1) is 0 Å². The first kappa shape index (κ1) is 8.27. The van der Waals surface area contributed by atoms with Crippen molar-refractivity contribution >= 4 is 0 Å². The second kappa shape index (κ2) is 3.19. The summed E-state index contributed by atoms with van der Waals surface area (Å²) in [5.41, 5.74) is 2.86. The summed E-state index contributed by atoms with van der Waals surface area (Å²) >= 11 is 0. The highest BCUT2D eigenvalue weighted by atomic mass is 16.3. The van der Waals surface area contributed by atoms with Gasteiger partial charge in [-0.05, 0) is 38.5 Å². The molecule has 0 heterocycles. The van der Waals surface area contributed by atoms with E-state index in [1.165, 1.54) is 24.0 Å². The van der Waals surface area contributed by atoms with Crippen LogP contribution in [0.4, 0.5) is 0 Å². The maximum Gasteiger partial charge on any atom is 0.0839 e. The van der Waals surface area contributed by atoms with Crippen molar-refractivity contribution in [2.45, 2.75) is 50.7 Å². The molecule has 0 bridgehead atoms. The summed E-state index contributed by atoms with van der Waals surface area (Å²) in [6.07, 6.45) is 5.28. The third-order valence-electron chi connectivity index (χ3n) is 3.06. The van der Waals surface area contributed by atoms with Gasteiger partial charge in [-0.2, -0.15) is 0 Å². The van der Waals surface area contributed by atoms with Crippen LogP contribution in [0.3, 0.4) is 0 Å². The van der Waals surface area contributed by atoms with Gasteiger partial charge in [-0.3, -0.25) is 0 Å². The van der Waals surface area contributed by atoms with Crippen molar-refractivity contribution in [3.8, 4) is 0 Å². The molecular formula is C10H16O2. The molecule has 68 valence electrons. The lowest BCUT2D eigenvalue weighted by Crippen LogP contribution is -2.31. The summed E-state index contributed by atoms with van der Waals surface area (Å²) < 4.78 is 0. The highest BCUT2D eigenvalue weighted by Gasteiger charge is 2.27. The van der Waals surface area contributed by atoms with Crippen LogP contribution in [0.2, 0.25) is 0 Å². The van der Waals surface area contributed by atoms with Crippen molar-refractivity contribution in [1.29, 1.82) is 0 Å². The molecular weight excluding hydrogens is 152 g/mol. The monoisotopic (exact) mass is 168 g/mol. The van der Waals surface area contributed by atoms with Crippen LogP contribution in [0.25, 0.3) is 0 Å². The zero-order valence-electron chi connectivity index (χ0n) is 7.29. The number of rotatable bonds is 0. The van der Waals surface area contributed by atoms with Crippen molar-refractivity contribution in [2.24, 2.45) is 0 Å². The Hall–Kier alpha value is -0.340. The van der Waals surface area contributed by atoms with E-state index in [-0.39, 0.29) is 0 Å². The number of aliphatic hydroxyl groups is 2. The largest absolute Gasteiger partial charge is 0.390 e. The standard InChI is InChI=1S/C10H16O2/c11-9-5-7-3-1-2-4-8(7)6-10(9)12/h9-12H,1-6H2/t9-,10-/m1/s1. The fourth-order valence-corrected chi connectivity index (χ4v) is 2.30. The van der Waals surface area contributed by atoms with Gasteiger partial charge in [-0.1, -0.05) is 11.1 Å². The SMILES string of the molecule is O[C@@H]1CC2=C(CCCC2)C[C@H]1O. The molecule has 0 aromatic carbocycles. The van der Waals surface area contributed by atoms with Crippen molar-refractivity contribution in [3.05, 3.63) is 11.1 Å². The molecule has 0 unspecified atom stereocenters. The minimum atomic E-state index is -0.498. The predicted octanol–water partition coefficient (Wildman–Crippen LogP) is 1.37. The lowest BCUT2D eigenvalue weighted by atomic mass is 9.80. The first-order chi connectivity index (χ1) is 5.77. The van der Waals surface area contributed by atoms with Gasteiger partial charge in [0.15, 0.2) is 0 Å². The molecule has 0 saturated heterocycles. The molecule has 0 aliphatic heterocycles. The molecule has 0 radical (unpaired) electrons. The number of hydrogen-bond acceptors (Lipinski definition) is 2. The van der Waals surface area contributed by atoms with Crippen LogP contribution in [-0.2, 0) is 0 Å². The molecule has 2 atom stereocenters. The summed E-state index contributed by atoms with van der Waals surface area (Å²) in [5.74, 6) is 0. The summed E-state index contributed by atoms with van der Waals surface area (Å²) in [4.78, 5) is 0. The Kier molecular flexibility index (Phi) is 2.20. The van der Waals surface area contributed by atoms with E-state index in [2.05, 4.69) is 0 Å². The fraction of sp³-hybridized carbons (Fsp3) is 0.800. The smallest absolute Gasteiger partial charge is 0.0839 e. The fourth-order valence-electron chi connectivity index (χ4n) is 2.30. The predicted molar refractivity (Wildman–Crippen MR) is 46.7 cm³/mol. The Morgan fingerprint density at radius 3 is 1.67 bits per heavy atom. The molecule has 12 heavy (non-hydrogen) atoms. The van der Waals surface area contributed by atoms with Gasteiger partial charge >= 0.3 is 0 Å². The molecule has 0 aromatic heterocycles. The topological polar surface area (TPSA) is 40.5 Å². The summed E-state index contributed by atoms with van der Waals surface area (Å²) in [7, 11) is 0. The van der Waals surface area contributed by atoms with Gasteiger partial charge in [0.2, 0.25) is 0 Å². The molecule has 2 aliphatic carbocycles. The molecule has 2 nitrogen and oxygen atoms in total. The summed E-state index contributed by atoms with van der Waals surface area (Å²) in [6, 6.07) is 0. The Morgan fingerprint density at radius 2 is 1.25 bits per heavy atom. The first-order valence-electron chi connectivity index (χ1n) is 4.83.